The van der Waals surface area contributed by atoms with Gasteiger partial charge in [-0.15, -0.1) is 0 Å². The van der Waals surface area contributed by atoms with E-state index in [2.05, 4.69) is 5.32 Å². The van der Waals surface area contributed by atoms with E-state index in [1.807, 2.05) is 44.2 Å². The fraction of sp³-hybridized carbons (Fsp3) is 0.273. The van der Waals surface area contributed by atoms with Crippen LogP contribution in [0.25, 0.3) is 16.6 Å². The lowest BCUT2D eigenvalue weighted by Gasteiger charge is -2.20. The molecule has 4 rings (SSSR count). The fourth-order valence-electron chi connectivity index (χ4n) is 3.57. The lowest BCUT2D eigenvalue weighted by molar-refractivity contribution is -0.126. The summed E-state index contributed by atoms with van der Waals surface area (Å²) in [6.07, 6.45) is 0. The van der Waals surface area contributed by atoms with Crippen LogP contribution in [-0.4, -0.2) is 44.7 Å². The van der Waals surface area contributed by atoms with Crippen LogP contribution in [0.5, 0.6) is 0 Å². The van der Waals surface area contributed by atoms with E-state index in [1.54, 1.807) is 23.6 Å². The highest BCUT2D eigenvalue weighted by molar-refractivity contribution is 8.00. The standard InChI is InChI=1S/C22H22N4O3S/c1-13-8-9-18(14(2)12-13)26-20(28)16-6-4-5-7-17(16)24-22(26)30-15(3)19(27)25-11-10-23-21(25)29/h4-9,12,15H,10-11H2,1-3H3,(H,23,29). The second kappa shape index (κ2) is 7.95. The number of carbonyl (C=O) groups is 2. The number of hydrogen-bond donors (Lipinski definition) is 1. The zero-order chi connectivity index (χ0) is 21.4. The van der Waals surface area contributed by atoms with Crippen LogP contribution in [0.15, 0.2) is 52.4 Å². The summed E-state index contributed by atoms with van der Waals surface area (Å²) >= 11 is 1.18. The van der Waals surface area contributed by atoms with Crippen LogP contribution in [0.4, 0.5) is 4.79 Å². The monoisotopic (exact) mass is 422 g/mol. The van der Waals surface area contributed by atoms with E-state index in [0.29, 0.717) is 29.1 Å². The van der Waals surface area contributed by atoms with Gasteiger partial charge in [0.25, 0.3) is 5.56 Å². The highest BCUT2D eigenvalue weighted by Gasteiger charge is 2.31. The van der Waals surface area contributed by atoms with Gasteiger partial charge in [0.2, 0.25) is 5.91 Å². The maximum atomic E-state index is 13.4. The topological polar surface area (TPSA) is 84.3 Å². The molecule has 1 atom stereocenters. The van der Waals surface area contributed by atoms with Gasteiger partial charge in [-0.1, -0.05) is 41.6 Å². The maximum absolute atomic E-state index is 13.4. The highest BCUT2D eigenvalue weighted by atomic mass is 32.2. The van der Waals surface area contributed by atoms with Crippen molar-refractivity contribution in [1.82, 2.24) is 19.8 Å². The van der Waals surface area contributed by atoms with Gasteiger partial charge in [-0.25, -0.2) is 9.78 Å². The molecular formula is C22H22N4O3S. The third-order valence-corrected chi connectivity index (χ3v) is 6.13. The molecule has 0 spiro atoms. The summed E-state index contributed by atoms with van der Waals surface area (Å²) in [5, 5.41) is 2.99. The molecule has 1 N–H and O–H groups in total. The number of benzene rings is 2. The average Bonchev–Trinajstić information content (AvgIpc) is 3.14. The lowest BCUT2D eigenvalue weighted by atomic mass is 10.1. The van der Waals surface area contributed by atoms with E-state index in [9.17, 15) is 14.4 Å². The summed E-state index contributed by atoms with van der Waals surface area (Å²) in [4.78, 5) is 44.0. The van der Waals surface area contributed by atoms with Gasteiger partial charge in [-0.3, -0.25) is 19.1 Å². The first-order valence-corrected chi connectivity index (χ1v) is 10.6. The molecule has 1 unspecified atom stereocenters. The Bertz CT molecular complexity index is 1220. The second-order valence-corrected chi connectivity index (χ2v) is 8.63. The van der Waals surface area contributed by atoms with Gasteiger partial charge in [0.15, 0.2) is 5.16 Å². The van der Waals surface area contributed by atoms with Gasteiger partial charge >= 0.3 is 6.03 Å². The Morgan fingerprint density at radius 3 is 2.63 bits per heavy atom. The number of aryl methyl sites for hydroxylation is 2. The Balaban J connectivity index is 1.83. The van der Waals surface area contributed by atoms with Crippen LogP contribution in [0, 0.1) is 13.8 Å². The Morgan fingerprint density at radius 1 is 1.17 bits per heavy atom. The minimum absolute atomic E-state index is 0.186. The molecule has 30 heavy (non-hydrogen) atoms. The van der Waals surface area contributed by atoms with Gasteiger partial charge in [-0.05, 0) is 44.5 Å². The number of rotatable bonds is 4. The van der Waals surface area contributed by atoms with Crippen LogP contribution in [0.3, 0.4) is 0 Å². The Kier molecular flexibility index (Phi) is 5.34. The number of para-hydroxylation sites is 1. The van der Waals surface area contributed by atoms with Crippen molar-refractivity contribution in [2.75, 3.05) is 13.1 Å². The molecule has 2 aromatic carbocycles. The van der Waals surface area contributed by atoms with Crippen molar-refractivity contribution in [3.05, 3.63) is 63.9 Å². The maximum Gasteiger partial charge on any atom is 0.324 e. The van der Waals surface area contributed by atoms with E-state index in [-0.39, 0.29) is 17.5 Å². The minimum Gasteiger partial charge on any atom is -0.336 e. The minimum atomic E-state index is -0.584. The first-order valence-electron chi connectivity index (χ1n) is 9.72. The summed E-state index contributed by atoms with van der Waals surface area (Å²) in [6.45, 7) is 6.46. The van der Waals surface area contributed by atoms with Crippen molar-refractivity contribution in [3.8, 4) is 5.69 Å². The molecule has 2 heterocycles. The number of imide groups is 1. The van der Waals surface area contributed by atoms with Crippen molar-refractivity contribution < 1.29 is 9.59 Å². The van der Waals surface area contributed by atoms with Crippen molar-refractivity contribution in [1.29, 1.82) is 0 Å². The molecule has 1 aliphatic rings. The number of fused-ring (bicyclic) bond motifs is 1. The second-order valence-electron chi connectivity index (χ2n) is 7.32. The van der Waals surface area contributed by atoms with E-state index in [0.717, 1.165) is 16.8 Å². The first kappa shape index (κ1) is 20.2. The molecule has 0 saturated carbocycles. The number of nitrogens with one attached hydrogen (secondary N) is 1. The molecule has 3 amide bonds. The third-order valence-electron chi connectivity index (χ3n) is 5.09. The normalized spacial score (nSPS) is 14.8. The summed E-state index contributed by atoms with van der Waals surface area (Å²) < 4.78 is 1.57. The Labute approximate surface area is 178 Å². The zero-order valence-corrected chi connectivity index (χ0v) is 17.8. The summed E-state index contributed by atoms with van der Waals surface area (Å²) in [7, 11) is 0. The molecule has 0 radical (unpaired) electrons. The number of aromatic nitrogens is 2. The number of thioether (sulfide) groups is 1. The van der Waals surface area contributed by atoms with Gasteiger partial charge in [-0.2, -0.15) is 0 Å². The Hall–Kier alpha value is -3.13. The van der Waals surface area contributed by atoms with Crippen LogP contribution < -0.4 is 10.9 Å². The molecule has 1 aromatic heterocycles. The van der Waals surface area contributed by atoms with E-state index in [4.69, 9.17) is 4.98 Å². The van der Waals surface area contributed by atoms with Crippen LogP contribution in [0.2, 0.25) is 0 Å². The molecule has 8 heteroatoms. The van der Waals surface area contributed by atoms with Crippen molar-refractivity contribution in [2.45, 2.75) is 31.2 Å². The third kappa shape index (κ3) is 3.59. The van der Waals surface area contributed by atoms with Gasteiger partial charge in [0.1, 0.15) is 0 Å². The molecular weight excluding hydrogens is 400 g/mol. The molecule has 1 aliphatic heterocycles. The average molecular weight is 423 g/mol. The number of nitrogens with zero attached hydrogens (tertiary/aromatic N) is 3. The quantitative estimate of drug-likeness (QED) is 0.516. The smallest absolute Gasteiger partial charge is 0.324 e. The number of urea groups is 1. The molecule has 154 valence electrons. The number of carbonyl (C=O) groups excluding carboxylic acids is 2. The number of amides is 3. The van der Waals surface area contributed by atoms with E-state index >= 15 is 0 Å². The van der Waals surface area contributed by atoms with Crippen molar-refractivity contribution in [3.63, 3.8) is 0 Å². The molecule has 1 fully saturated rings. The van der Waals surface area contributed by atoms with E-state index in [1.165, 1.54) is 16.7 Å². The van der Waals surface area contributed by atoms with Gasteiger partial charge in [0, 0.05) is 13.1 Å². The van der Waals surface area contributed by atoms with Crippen LogP contribution >= 0.6 is 11.8 Å². The SMILES string of the molecule is Cc1ccc(-n2c(SC(C)C(=O)N3CCNC3=O)nc3ccccc3c2=O)c(C)c1. The first-order chi connectivity index (χ1) is 14.4. The van der Waals surface area contributed by atoms with Crippen LogP contribution in [0.1, 0.15) is 18.1 Å². The van der Waals surface area contributed by atoms with Gasteiger partial charge in [0.05, 0.1) is 21.8 Å². The molecule has 3 aromatic rings. The van der Waals surface area contributed by atoms with E-state index < -0.39 is 5.25 Å². The van der Waals surface area contributed by atoms with Crippen LogP contribution in [-0.2, 0) is 4.79 Å². The predicted molar refractivity (Wildman–Crippen MR) is 117 cm³/mol. The fourth-order valence-corrected chi connectivity index (χ4v) is 4.55. The molecule has 1 saturated heterocycles. The highest BCUT2D eigenvalue weighted by Crippen LogP contribution is 2.27. The summed E-state index contributed by atoms with van der Waals surface area (Å²) in [6, 6.07) is 12.6. The zero-order valence-electron chi connectivity index (χ0n) is 17.0. The molecule has 7 nitrogen and oxygen atoms in total. The predicted octanol–water partition coefficient (Wildman–Crippen LogP) is 3.03. The van der Waals surface area contributed by atoms with Crippen molar-refractivity contribution >= 4 is 34.6 Å². The largest absolute Gasteiger partial charge is 0.336 e. The molecule has 0 bridgehead atoms. The van der Waals surface area contributed by atoms with Gasteiger partial charge < -0.3 is 5.32 Å². The number of hydrogen-bond acceptors (Lipinski definition) is 5. The summed E-state index contributed by atoms with van der Waals surface area (Å²) in [5.41, 5.74) is 3.15. The summed E-state index contributed by atoms with van der Waals surface area (Å²) in [5.74, 6) is -0.301. The lowest BCUT2D eigenvalue weighted by Crippen LogP contribution is -2.39. The molecule has 0 aliphatic carbocycles. The Morgan fingerprint density at radius 2 is 1.93 bits per heavy atom. The van der Waals surface area contributed by atoms with Crippen molar-refractivity contribution in [2.24, 2.45) is 0 Å².